The fraction of sp³-hybridized carbons (Fsp3) is 0.562. The van der Waals surface area contributed by atoms with E-state index in [1.165, 1.54) is 25.7 Å². The summed E-state index contributed by atoms with van der Waals surface area (Å²) in [5.74, 6) is 2.58. The zero-order valence-electron chi connectivity index (χ0n) is 11.8. The molecule has 2 nitrogen and oxygen atoms in total. The lowest BCUT2D eigenvalue weighted by Gasteiger charge is -2.26. The van der Waals surface area contributed by atoms with E-state index in [0.717, 1.165) is 28.7 Å². The molecule has 4 atom stereocenters. The molecule has 2 aromatic rings. The van der Waals surface area contributed by atoms with E-state index in [0.29, 0.717) is 16.1 Å². The second-order valence-electron chi connectivity index (χ2n) is 6.45. The highest BCUT2D eigenvalue weighted by Crippen LogP contribution is 2.52. The normalized spacial score (nSPS) is 29.4. The lowest BCUT2D eigenvalue weighted by atomic mass is 9.95. The minimum absolute atomic E-state index is 0.117. The average molecular weight is 344 g/mol. The molecular weight excluding hydrogens is 327 g/mol. The number of hydrogen-bond donors (Lipinski definition) is 0. The van der Waals surface area contributed by atoms with Gasteiger partial charge >= 0.3 is 0 Å². The summed E-state index contributed by atoms with van der Waals surface area (Å²) in [5.41, 5.74) is 1.97. The Labute approximate surface area is 139 Å². The van der Waals surface area contributed by atoms with E-state index in [2.05, 4.69) is 4.57 Å². The van der Waals surface area contributed by atoms with E-state index in [-0.39, 0.29) is 5.38 Å². The van der Waals surface area contributed by atoms with Gasteiger partial charge in [-0.1, -0.05) is 29.6 Å². The summed E-state index contributed by atoms with van der Waals surface area (Å²) in [6.45, 7) is 1.98. The Morgan fingerprint density at radius 2 is 1.95 bits per heavy atom. The monoisotopic (exact) mass is 342 g/mol. The molecule has 5 heteroatoms. The van der Waals surface area contributed by atoms with Crippen molar-refractivity contribution in [1.29, 1.82) is 0 Å². The van der Waals surface area contributed by atoms with Crippen LogP contribution in [0.1, 0.15) is 49.9 Å². The molecule has 4 rings (SSSR count). The Morgan fingerprint density at radius 3 is 2.57 bits per heavy atom. The van der Waals surface area contributed by atoms with Crippen molar-refractivity contribution in [3.05, 3.63) is 28.0 Å². The minimum Gasteiger partial charge on any atom is -0.323 e. The highest BCUT2D eigenvalue weighted by Gasteiger charge is 2.42. The van der Waals surface area contributed by atoms with E-state index in [9.17, 15) is 0 Å². The maximum absolute atomic E-state index is 6.39. The lowest BCUT2D eigenvalue weighted by Crippen LogP contribution is -2.18. The number of fused-ring (bicyclic) bond motifs is 3. The van der Waals surface area contributed by atoms with Crippen molar-refractivity contribution in [3.8, 4) is 0 Å². The molecule has 0 radical (unpaired) electrons. The van der Waals surface area contributed by atoms with E-state index >= 15 is 0 Å². The molecule has 0 saturated heterocycles. The SMILES string of the molecule is CC(Cl)c1nc2cc(Cl)c(Cl)cc2n1C1CC2CCC1C2. The molecule has 0 amide bonds. The van der Waals surface area contributed by atoms with Gasteiger partial charge in [-0.05, 0) is 50.2 Å². The first-order valence-electron chi connectivity index (χ1n) is 7.55. The third kappa shape index (κ3) is 2.18. The van der Waals surface area contributed by atoms with Gasteiger partial charge in [-0.25, -0.2) is 4.98 Å². The second-order valence-corrected chi connectivity index (χ2v) is 7.92. The predicted octanol–water partition coefficient (Wildman–Crippen LogP) is 6.00. The average Bonchev–Trinajstić information content (AvgIpc) is 3.12. The van der Waals surface area contributed by atoms with E-state index < -0.39 is 0 Å². The summed E-state index contributed by atoms with van der Waals surface area (Å²) in [6.07, 6.45) is 5.30. The maximum Gasteiger partial charge on any atom is 0.127 e. The molecule has 4 unspecified atom stereocenters. The third-order valence-corrected chi connectivity index (χ3v) is 6.06. The van der Waals surface area contributed by atoms with Crippen molar-refractivity contribution >= 4 is 45.8 Å². The van der Waals surface area contributed by atoms with Crippen molar-refractivity contribution < 1.29 is 0 Å². The van der Waals surface area contributed by atoms with Gasteiger partial charge in [0.15, 0.2) is 0 Å². The zero-order valence-corrected chi connectivity index (χ0v) is 14.1. The predicted molar refractivity (Wildman–Crippen MR) is 88.5 cm³/mol. The van der Waals surface area contributed by atoms with Crippen LogP contribution in [-0.2, 0) is 0 Å². The number of alkyl halides is 1. The van der Waals surface area contributed by atoms with Gasteiger partial charge in [-0.3, -0.25) is 0 Å². The Hall–Kier alpha value is -0.440. The fourth-order valence-electron chi connectivity index (χ4n) is 4.27. The third-order valence-electron chi connectivity index (χ3n) is 5.15. The number of rotatable bonds is 2. The van der Waals surface area contributed by atoms with Crippen LogP contribution in [0.4, 0.5) is 0 Å². The summed E-state index contributed by atoms with van der Waals surface area (Å²) >= 11 is 18.8. The van der Waals surface area contributed by atoms with Gasteiger partial charge in [0, 0.05) is 6.04 Å². The molecule has 0 aliphatic heterocycles. The number of nitrogens with zero attached hydrogens (tertiary/aromatic N) is 2. The van der Waals surface area contributed by atoms with Gasteiger partial charge in [0.2, 0.25) is 0 Å². The van der Waals surface area contributed by atoms with Crippen LogP contribution in [0.15, 0.2) is 12.1 Å². The largest absolute Gasteiger partial charge is 0.323 e. The summed E-state index contributed by atoms with van der Waals surface area (Å²) < 4.78 is 2.35. The van der Waals surface area contributed by atoms with Crippen LogP contribution >= 0.6 is 34.8 Å². The number of halogens is 3. The fourth-order valence-corrected chi connectivity index (χ4v) is 4.74. The molecule has 2 saturated carbocycles. The molecule has 2 aliphatic rings. The van der Waals surface area contributed by atoms with Crippen molar-refractivity contribution in [2.75, 3.05) is 0 Å². The van der Waals surface area contributed by atoms with Crippen molar-refractivity contribution in [2.24, 2.45) is 11.8 Å². The molecule has 112 valence electrons. The quantitative estimate of drug-likeness (QED) is 0.611. The molecule has 0 N–H and O–H groups in total. The van der Waals surface area contributed by atoms with Gasteiger partial charge < -0.3 is 4.57 Å². The molecule has 21 heavy (non-hydrogen) atoms. The molecule has 0 spiro atoms. The topological polar surface area (TPSA) is 17.8 Å². The van der Waals surface area contributed by atoms with Gasteiger partial charge in [-0.15, -0.1) is 11.6 Å². The Kier molecular flexibility index (Phi) is 3.40. The number of imidazole rings is 1. The summed E-state index contributed by atoms with van der Waals surface area (Å²) in [7, 11) is 0. The van der Waals surface area contributed by atoms with E-state index in [4.69, 9.17) is 39.8 Å². The van der Waals surface area contributed by atoms with Crippen LogP contribution in [-0.4, -0.2) is 9.55 Å². The van der Waals surface area contributed by atoms with E-state index in [1.807, 2.05) is 19.1 Å². The summed E-state index contributed by atoms with van der Waals surface area (Å²) in [4.78, 5) is 4.73. The minimum atomic E-state index is -0.117. The first-order valence-corrected chi connectivity index (χ1v) is 8.74. The Bertz CT molecular complexity index is 707. The molecule has 2 bridgehead atoms. The van der Waals surface area contributed by atoms with Gasteiger partial charge in [-0.2, -0.15) is 0 Å². The molecule has 1 aromatic heterocycles. The standard InChI is InChI=1S/C16H17Cl3N2/c1-8(17)16-20-13-6-11(18)12(19)7-15(13)21(16)14-5-9-2-3-10(14)4-9/h6-10,14H,2-5H2,1H3. The summed E-state index contributed by atoms with van der Waals surface area (Å²) in [6, 6.07) is 4.31. The molecule has 2 aliphatic carbocycles. The Balaban J connectivity index is 1.92. The van der Waals surface area contributed by atoms with Crippen LogP contribution in [0, 0.1) is 11.8 Å². The van der Waals surface area contributed by atoms with Gasteiger partial charge in [0.25, 0.3) is 0 Å². The lowest BCUT2D eigenvalue weighted by molar-refractivity contribution is 0.329. The second kappa shape index (κ2) is 5.04. The van der Waals surface area contributed by atoms with Crippen LogP contribution in [0.25, 0.3) is 11.0 Å². The number of aromatic nitrogens is 2. The Morgan fingerprint density at radius 1 is 1.19 bits per heavy atom. The molecule has 1 heterocycles. The maximum atomic E-state index is 6.39. The van der Waals surface area contributed by atoms with Crippen LogP contribution in [0.3, 0.4) is 0 Å². The zero-order chi connectivity index (χ0) is 14.7. The van der Waals surface area contributed by atoms with Gasteiger partial charge in [0.1, 0.15) is 5.82 Å². The smallest absolute Gasteiger partial charge is 0.127 e. The first kappa shape index (κ1) is 14.2. The number of hydrogen-bond acceptors (Lipinski definition) is 1. The molecular formula is C16H17Cl3N2. The molecule has 2 fully saturated rings. The van der Waals surface area contributed by atoms with Crippen molar-refractivity contribution in [1.82, 2.24) is 9.55 Å². The first-order chi connectivity index (χ1) is 10.0. The van der Waals surface area contributed by atoms with E-state index in [1.54, 1.807) is 0 Å². The van der Waals surface area contributed by atoms with Gasteiger partial charge in [0.05, 0.1) is 26.5 Å². The summed E-state index contributed by atoms with van der Waals surface area (Å²) in [5, 5.41) is 1.02. The van der Waals surface area contributed by atoms with Crippen molar-refractivity contribution in [2.45, 2.75) is 44.0 Å². The number of benzene rings is 1. The highest BCUT2D eigenvalue weighted by atomic mass is 35.5. The van der Waals surface area contributed by atoms with Crippen molar-refractivity contribution in [3.63, 3.8) is 0 Å². The highest BCUT2D eigenvalue weighted by molar-refractivity contribution is 6.42. The van der Waals surface area contributed by atoms with Crippen LogP contribution in [0.5, 0.6) is 0 Å². The van der Waals surface area contributed by atoms with Crippen LogP contribution in [0.2, 0.25) is 10.0 Å². The molecule has 1 aromatic carbocycles. The van der Waals surface area contributed by atoms with Crippen LogP contribution < -0.4 is 0 Å².